The first-order valence-corrected chi connectivity index (χ1v) is 10.6. The van der Waals surface area contributed by atoms with Crippen LogP contribution in [0.15, 0.2) is 56.8 Å². The molecule has 4 aliphatic rings. The van der Waals surface area contributed by atoms with Gasteiger partial charge in [0, 0.05) is 29.9 Å². The van der Waals surface area contributed by atoms with Crippen LogP contribution in [0, 0.1) is 11.8 Å². The zero-order chi connectivity index (χ0) is 23.0. The van der Waals surface area contributed by atoms with Crippen LogP contribution >= 0.6 is 0 Å². The van der Waals surface area contributed by atoms with Crippen molar-refractivity contribution >= 4 is 5.97 Å². The maximum atomic E-state index is 12.7. The topological polar surface area (TPSA) is 81.7 Å². The molecule has 0 spiro atoms. The van der Waals surface area contributed by atoms with Crippen molar-refractivity contribution < 1.29 is 38.0 Å². The fourth-order valence-corrected chi connectivity index (χ4v) is 5.22. The van der Waals surface area contributed by atoms with E-state index in [0.717, 1.165) is 22.3 Å². The molecule has 0 aromatic rings. The third kappa shape index (κ3) is 3.32. The van der Waals surface area contributed by atoms with Crippen molar-refractivity contribution in [3.05, 3.63) is 56.8 Å². The lowest BCUT2D eigenvalue weighted by molar-refractivity contribution is -0.141. The quantitative estimate of drug-likeness (QED) is 0.574. The Morgan fingerprint density at radius 3 is 1.53 bits per heavy atom. The molecule has 0 bridgehead atoms. The Kier molecular flexibility index (Phi) is 6.13. The van der Waals surface area contributed by atoms with Gasteiger partial charge in [-0.25, -0.2) is 0 Å². The smallest absolute Gasteiger partial charge is 0.309 e. The highest BCUT2D eigenvalue weighted by Crippen LogP contribution is 2.50. The van der Waals surface area contributed by atoms with Crippen LogP contribution in [0.3, 0.4) is 0 Å². The summed E-state index contributed by atoms with van der Waals surface area (Å²) in [6.07, 6.45) is 2.18. The Hall–Kier alpha value is -3.03. The molecular weight excluding hydrogens is 416 g/mol. The molecule has 1 heterocycles. The lowest BCUT2D eigenvalue weighted by atomic mass is 9.72. The normalized spacial score (nSPS) is 27.8. The number of rotatable bonds is 6. The minimum Gasteiger partial charge on any atom is -0.497 e. The number of carbonyl (C=O) groups is 1. The second-order valence-electron chi connectivity index (χ2n) is 8.06. The third-order valence-corrected chi connectivity index (χ3v) is 6.75. The number of methoxy groups -OCH3 is 6. The second kappa shape index (κ2) is 8.84. The van der Waals surface area contributed by atoms with Gasteiger partial charge in [0.05, 0.1) is 55.2 Å². The van der Waals surface area contributed by atoms with Gasteiger partial charge in [0.15, 0.2) is 23.0 Å². The lowest BCUT2D eigenvalue weighted by Gasteiger charge is -2.35. The van der Waals surface area contributed by atoms with E-state index in [0.29, 0.717) is 66.8 Å². The summed E-state index contributed by atoms with van der Waals surface area (Å²) in [5.41, 5.74) is 4.04. The molecule has 1 fully saturated rings. The van der Waals surface area contributed by atoms with E-state index in [1.54, 1.807) is 42.7 Å². The van der Waals surface area contributed by atoms with Crippen molar-refractivity contribution in [2.24, 2.45) is 11.8 Å². The van der Waals surface area contributed by atoms with E-state index in [1.807, 2.05) is 0 Å². The summed E-state index contributed by atoms with van der Waals surface area (Å²) in [5.74, 6) is 3.23. The van der Waals surface area contributed by atoms with Crippen molar-refractivity contribution in [2.75, 3.05) is 49.3 Å². The van der Waals surface area contributed by atoms with Gasteiger partial charge >= 0.3 is 5.97 Å². The van der Waals surface area contributed by atoms with Crippen LogP contribution in [0.2, 0.25) is 0 Å². The molecule has 32 heavy (non-hydrogen) atoms. The molecular formula is C24H30O8. The summed E-state index contributed by atoms with van der Waals surface area (Å²) in [6.45, 7) is 0.377. The number of esters is 1. The van der Waals surface area contributed by atoms with Gasteiger partial charge in [-0.3, -0.25) is 4.79 Å². The number of fused-ring (bicyclic) bond motifs is 3. The molecule has 0 saturated carbocycles. The average molecular weight is 446 g/mol. The third-order valence-electron chi connectivity index (χ3n) is 6.75. The number of ether oxygens (including phenoxy) is 7. The van der Waals surface area contributed by atoms with Gasteiger partial charge < -0.3 is 33.2 Å². The zero-order valence-corrected chi connectivity index (χ0v) is 19.5. The molecule has 0 N–H and O–H groups in total. The van der Waals surface area contributed by atoms with Crippen LogP contribution in [0.5, 0.6) is 0 Å². The number of allylic oxidation sites excluding steroid dienone is 4. The molecule has 0 unspecified atom stereocenters. The standard InChI is InChI=1S/C24H30O8/c1-26-18-9-14-15-10-19(27-2)23(31-6)21(29-4)17(15)8-13-12(11-32-24(13)25)7-16(14)20(28-3)22(18)30-5/h12-13H,7-11H2,1-6H3/b15-14-/t12-,13+/m0/s1. The van der Waals surface area contributed by atoms with Crippen molar-refractivity contribution in [2.45, 2.75) is 25.7 Å². The number of cyclic esters (lactones) is 1. The molecule has 0 radical (unpaired) electrons. The molecule has 174 valence electrons. The van der Waals surface area contributed by atoms with Crippen molar-refractivity contribution in [3.63, 3.8) is 0 Å². The molecule has 0 aromatic heterocycles. The molecule has 8 nitrogen and oxygen atoms in total. The highest BCUT2D eigenvalue weighted by molar-refractivity contribution is 5.76. The van der Waals surface area contributed by atoms with Gasteiger partial charge in [-0.05, 0) is 24.0 Å². The van der Waals surface area contributed by atoms with E-state index in [4.69, 9.17) is 33.2 Å². The highest BCUT2D eigenvalue weighted by Gasteiger charge is 2.45. The summed E-state index contributed by atoms with van der Waals surface area (Å²) in [4.78, 5) is 12.7. The molecule has 1 aliphatic heterocycles. The Morgan fingerprint density at radius 1 is 0.625 bits per heavy atom. The van der Waals surface area contributed by atoms with Gasteiger partial charge in [-0.2, -0.15) is 0 Å². The van der Waals surface area contributed by atoms with Gasteiger partial charge in [0.1, 0.15) is 11.5 Å². The first kappa shape index (κ1) is 22.2. The van der Waals surface area contributed by atoms with Crippen LogP contribution in [0.4, 0.5) is 0 Å². The fraction of sp³-hybridized carbons (Fsp3) is 0.542. The molecule has 3 aliphatic carbocycles. The van der Waals surface area contributed by atoms with Crippen LogP contribution in [0.25, 0.3) is 0 Å². The Morgan fingerprint density at radius 2 is 1.09 bits per heavy atom. The molecule has 2 atom stereocenters. The van der Waals surface area contributed by atoms with Crippen molar-refractivity contribution in [1.82, 2.24) is 0 Å². The van der Waals surface area contributed by atoms with Crippen LogP contribution < -0.4 is 0 Å². The molecule has 0 aromatic carbocycles. The SMILES string of the molecule is COC1=C(OC)C(OC)=C2C[C@H]3COC(=O)[C@@H]3CC3=C(OC)C(OC)=C(OC)C/C3=C/2C1. The first-order valence-electron chi connectivity index (χ1n) is 10.6. The van der Waals surface area contributed by atoms with E-state index in [2.05, 4.69) is 0 Å². The molecule has 8 heteroatoms. The molecule has 1 saturated heterocycles. The minimum atomic E-state index is -0.279. The Balaban J connectivity index is 2.03. The van der Waals surface area contributed by atoms with Crippen molar-refractivity contribution in [3.8, 4) is 0 Å². The largest absolute Gasteiger partial charge is 0.497 e. The summed E-state index contributed by atoms with van der Waals surface area (Å²) in [5, 5.41) is 0. The monoisotopic (exact) mass is 446 g/mol. The summed E-state index contributed by atoms with van der Waals surface area (Å²) < 4.78 is 39.8. The summed E-state index contributed by atoms with van der Waals surface area (Å²) >= 11 is 0. The van der Waals surface area contributed by atoms with Gasteiger partial charge in [-0.15, -0.1) is 0 Å². The van der Waals surface area contributed by atoms with E-state index >= 15 is 0 Å². The van der Waals surface area contributed by atoms with Crippen LogP contribution in [-0.2, 0) is 38.0 Å². The van der Waals surface area contributed by atoms with E-state index in [9.17, 15) is 4.79 Å². The van der Waals surface area contributed by atoms with E-state index in [1.165, 1.54) is 0 Å². The van der Waals surface area contributed by atoms with E-state index in [-0.39, 0.29) is 17.8 Å². The fourth-order valence-electron chi connectivity index (χ4n) is 5.22. The number of hydrogen-bond acceptors (Lipinski definition) is 8. The Labute approximate surface area is 188 Å². The number of hydrogen-bond donors (Lipinski definition) is 0. The minimum absolute atomic E-state index is 0.0193. The zero-order valence-electron chi connectivity index (χ0n) is 19.5. The van der Waals surface area contributed by atoms with Crippen LogP contribution in [0.1, 0.15) is 25.7 Å². The summed E-state index contributed by atoms with van der Waals surface area (Å²) in [7, 11) is 9.66. The Bertz CT molecular complexity index is 978. The maximum absolute atomic E-state index is 12.7. The predicted octanol–water partition coefficient (Wildman–Crippen LogP) is 3.48. The maximum Gasteiger partial charge on any atom is 0.309 e. The summed E-state index contributed by atoms with van der Waals surface area (Å²) in [6, 6.07) is 0. The second-order valence-corrected chi connectivity index (χ2v) is 8.06. The molecule has 0 amide bonds. The average Bonchev–Trinajstić information content (AvgIpc) is 3.14. The van der Waals surface area contributed by atoms with Gasteiger partial charge in [-0.1, -0.05) is 0 Å². The van der Waals surface area contributed by atoms with Gasteiger partial charge in [0.2, 0.25) is 0 Å². The van der Waals surface area contributed by atoms with E-state index < -0.39 is 0 Å². The van der Waals surface area contributed by atoms with Crippen molar-refractivity contribution in [1.29, 1.82) is 0 Å². The highest BCUT2D eigenvalue weighted by atomic mass is 16.5. The lowest BCUT2D eigenvalue weighted by Crippen LogP contribution is -2.27. The first-order chi connectivity index (χ1) is 15.5. The molecule has 4 rings (SSSR count). The van der Waals surface area contributed by atoms with Crippen LogP contribution in [-0.4, -0.2) is 55.2 Å². The van der Waals surface area contributed by atoms with Gasteiger partial charge in [0.25, 0.3) is 0 Å². The predicted molar refractivity (Wildman–Crippen MR) is 114 cm³/mol. The number of carbonyl (C=O) groups excluding carboxylic acids is 1.